The molecule has 0 saturated carbocycles. The van der Waals surface area contributed by atoms with Crippen molar-refractivity contribution in [3.05, 3.63) is 99.0 Å². The minimum Gasteiger partial charge on any atom is -0.357 e. The van der Waals surface area contributed by atoms with Crippen molar-refractivity contribution in [2.24, 2.45) is 0 Å². The summed E-state index contributed by atoms with van der Waals surface area (Å²) >= 11 is 9.68. The van der Waals surface area contributed by atoms with Crippen LogP contribution in [0.1, 0.15) is 29.5 Å². The third kappa shape index (κ3) is 8.55. The van der Waals surface area contributed by atoms with Crippen LogP contribution in [-0.4, -0.2) is 51.0 Å². The van der Waals surface area contributed by atoms with E-state index in [-0.39, 0.29) is 37.7 Å². The Balaban J connectivity index is 1.86. The second-order valence-electron chi connectivity index (χ2n) is 9.29. The fourth-order valence-electron chi connectivity index (χ4n) is 4.36. The van der Waals surface area contributed by atoms with Gasteiger partial charge in [0.05, 0.1) is 11.9 Å². The number of carbonyl (C=O) groups excluding carboxylic acids is 2. The summed E-state index contributed by atoms with van der Waals surface area (Å²) in [4.78, 5) is 28.4. The minimum atomic E-state index is -3.62. The summed E-state index contributed by atoms with van der Waals surface area (Å²) in [5, 5.41) is 3.17. The predicted molar refractivity (Wildman–Crippen MR) is 160 cm³/mol. The Bertz CT molecular complexity index is 1390. The summed E-state index contributed by atoms with van der Waals surface area (Å²) in [5.41, 5.74) is 2.94. The lowest BCUT2D eigenvalue weighted by Gasteiger charge is -2.31. The summed E-state index contributed by atoms with van der Waals surface area (Å²) < 4.78 is 27.5. The number of nitrogens with zero attached hydrogens (tertiary/aromatic N) is 2. The van der Waals surface area contributed by atoms with Crippen LogP contribution in [0.2, 0.25) is 5.02 Å². The highest BCUT2D eigenvalue weighted by Crippen LogP contribution is 2.28. The first-order valence-corrected chi connectivity index (χ1v) is 15.6. The lowest BCUT2D eigenvalue weighted by atomic mass is 10.0. The number of hydrogen-bond donors (Lipinski definition) is 1. The highest BCUT2D eigenvalue weighted by molar-refractivity contribution is 9.10. The van der Waals surface area contributed by atoms with Gasteiger partial charge in [-0.25, -0.2) is 8.42 Å². The van der Waals surface area contributed by atoms with Gasteiger partial charge in [-0.05, 0) is 54.3 Å². The molecule has 0 heterocycles. The predicted octanol–water partition coefficient (Wildman–Crippen LogP) is 5.34. The molecule has 0 fully saturated rings. The van der Waals surface area contributed by atoms with Crippen LogP contribution in [0.4, 0.5) is 5.69 Å². The molecule has 1 N–H and O–H groups in total. The van der Waals surface area contributed by atoms with E-state index in [1.54, 1.807) is 37.1 Å². The summed E-state index contributed by atoms with van der Waals surface area (Å²) in [6, 6.07) is 21.5. The number of sulfonamides is 1. The Kier molecular flexibility index (Phi) is 11.0. The number of benzene rings is 3. The fourth-order valence-corrected chi connectivity index (χ4v) is 5.81. The van der Waals surface area contributed by atoms with Crippen LogP contribution in [-0.2, 0) is 32.6 Å². The first kappa shape index (κ1) is 30.7. The summed E-state index contributed by atoms with van der Waals surface area (Å²) in [5.74, 6) is -0.504. The zero-order valence-electron chi connectivity index (χ0n) is 22.2. The molecule has 0 aliphatic carbocycles. The van der Waals surface area contributed by atoms with Crippen molar-refractivity contribution in [1.82, 2.24) is 10.2 Å². The number of halogens is 2. The number of likely N-dealkylation sites (N-methyl/N-ethyl adjacent to an activating group) is 1. The third-order valence-electron chi connectivity index (χ3n) is 6.44. The Labute approximate surface area is 244 Å². The summed E-state index contributed by atoms with van der Waals surface area (Å²) in [6.45, 7) is 2.10. The first-order chi connectivity index (χ1) is 18.5. The van der Waals surface area contributed by atoms with E-state index >= 15 is 0 Å². The molecule has 3 aromatic rings. The monoisotopic (exact) mass is 633 g/mol. The SMILES string of the molecule is CNC(=O)[C@@H](Cc1ccccc1)N(Cc1ccc(Br)cc1)C(=O)CCCN(c1cccc(Cl)c1C)S(C)(=O)=O. The molecule has 2 amide bonds. The summed E-state index contributed by atoms with van der Waals surface area (Å²) in [7, 11) is -2.07. The van der Waals surface area contributed by atoms with Crippen LogP contribution >= 0.6 is 27.5 Å². The highest BCUT2D eigenvalue weighted by atomic mass is 79.9. The Hall–Kier alpha value is -2.88. The zero-order valence-corrected chi connectivity index (χ0v) is 25.4. The van der Waals surface area contributed by atoms with Crippen LogP contribution < -0.4 is 9.62 Å². The van der Waals surface area contributed by atoms with Gasteiger partial charge in [-0.1, -0.05) is 76.1 Å². The largest absolute Gasteiger partial charge is 0.357 e. The average molecular weight is 635 g/mol. The van der Waals surface area contributed by atoms with Crippen LogP contribution in [0.3, 0.4) is 0 Å². The molecule has 7 nitrogen and oxygen atoms in total. The molecule has 0 aliphatic heterocycles. The maximum absolute atomic E-state index is 13.7. The van der Waals surface area contributed by atoms with Gasteiger partial charge in [-0.15, -0.1) is 0 Å². The molecule has 0 aromatic heterocycles. The van der Waals surface area contributed by atoms with Gasteiger partial charge in [0, 0.05) is 42.5 Å². The van der Waals surface area contributed by atoms with Gasteiger partial charge in [0.15, 0.2) is 0 Å². The molecule has 10 heteroatoms. The lowest BCUT2D eigenvalue weighted by Crippen LogP contribution is -2.49. The topological polar surface area (TPSA) is 86.8 Å². The number of amides is 2. The number of anilines is 1. The van der Waals surface area contributed by atoms with Gasteiger partial charge >= 0.3 is 0 Å². The molecule has 0 spiro atoms. The van der Waals surface area contributed by atoms with Crippen LogP contribution in [0, 0.1) is 6.92 Å². The normalized spacial score (nSPS) is 12.0. The molecular weight excluding hydrogens is 602 g/mol. The molecule has 208 valence electrons. The molecule has 39 heavy (non-hydrogen) atoms. The molecule has 1 atom stereocenters. The second-order valence-corrected chi connectivity index (χ2v) is 12.5. The molecule has 0 bridgehead atoms. The number of hydrogen-bond acceptors (Lipinski definition) is 4. The van der Waals surface area contributed by atoms with Crippen molar-refractivity contribution in [3.8, 4) is 0 Å². The zero-order chi connectivity index (χ0) is 28.6. The smallest absolute Gasteiger partial charge is 0.242 e. The minimum absolute atomic E-state index is 0.0600. The van der Waals surface area contributed by atoms with Crippen molar-refractivity contribution in [3.63, 3.8) is 0 Å². The van der Waals surface area contributed by atoms with E-state index in [0.29, 0.717) is 22.7 Å². The third-order valence-corrected chi connectivity index (χ3v) is 8.56. The molecule has 3 aromatic carbocycles. The second kappa shape index (κ2) is 14.0. The Morgan fingerprint density at radius 3 is 2.26 bits per heavy atom. The molecule has 0 unspecified atom stereocenters. The Morgan fingerprint density at radius 2 is 1.64 bits per heavy atom. The Morgan fingerprint density at radius 1 is 0.974 bits per heavy atom. The van der Waals surface area contributed by atoms with Gasteiger partial charge in [-0.3, -0.25) is 13.9 Å². The maximum Gasteiger partial charge on any atom is 0.242 e. The molecule has 3 rings (SSSR count). The molecular formula is C29H33BrClN3O4S. The van der Waals surface area contributed by atoms with Gasteiger partial charge in [-0.2, -0.15) is 0 Å². The first-order valence-electron chi connectivity index (χ1n) is 12.5. The van der Waals surface area contributed by atoms with E-state index in [9.17, 15) is 18.0 Å². The number of nitrogens with one attached hydrogen (secondary N) is 1. The van der Waals surface area contributed by atoms with Crippen molar-refractivity contribution in [1.29, 1.82) is 0 Å². The highest BCUT2D eigenvalue weighted by Gasteiger charge is 2.30. The van der Waals surface area contributed by atoms with Crippen molar-refractivity contribution >= 4 is 55.1 Å². The quantitative estimate of drug-likeness (QED) is 0.291. The van der Waals surface area contributed by atoms with Gasteiger partial charge in [0.25, 0.3) is 0 Å². The van der Waals surface area contributed by atoms with E-state index in [0.717, 1.165) is 21.9 Å². The van der Waals surface area contributed by atoms with Crippen molar-refractivity contribution < 1.29 is 18.0 Å². The summed E-state index contributed by atoms with van der Waals surface area (Å²) in [6.07, 6.45) is 1.81. The fraction of sp³-hybridized carbons (Fsp3) is 0.310. The average Bonchev–Trinajstić information content (AvgIpc) is 2.91. The van der Waals surface area contributed by atoms with Gasteiger partial charge < -0.3 is 10.2 Å². The molecule has 0 saturated heterocycles. The molecule has 0 radical (unpaired) electrons. The number of carbonyl (C=O) groups is 2. The van der Waals surface area contributed by atoms with Crippen LogP contribution in [0.15, 0.2) is 77.3 Å². The number of rotatable bonds is 12. The van der Waals surface area contributed by atoms with Crippen LogP contribution in [0.25, 0.3) is 0 Å². The standard InChI is InChI=1S/C29H33BrClN3O4S/c1-21-25(31)11-7-12-26(21)34(39(3,37)38)18-8-13-28(35)33(20-23-14-16-24(30)17-15-23)27(29(36)32-2)19-22-9-5-4-6-10-22/h4-7,9-12,14-17,27H,8,13,18-20H2,1-3H3,(H,32,36)/t27-/m1/s1. The lowest BCUT2D eigenvalue weighted by molar-refractivity contribution is -0.141. The maximum atomic E-state index is 13.7. The van der Waals surface area contributed by atoms with Gasteiger partial charge in [0.1, 0.15) is 6.04 Å². The van der Waals surface area contributed by atoms with E-state index in [1.165, 1.54) is 4.31 Å². The van der Waals surface area contributed by atoms with Crippen molar-refractivity contribution in [2.75, 3.05) is 24.2 Å². The van der Waals surface area contributed by atoms with E-state index in [4.69, 9.17) is 11.6 Å². The van der Waals surface area contributed by atoms with Gasteiger partial charge in [0.2, 0.25) is 21.8 Å². The van der Waals surface area contributed by atoms with E-state index in [2.05, 4.69) is 21.2 Å². The van der Waals surface area contributed by atoms with E-state index < -0.39 is 16.1 Å². The van der Waals surface area contributed by atoms with Crippen LogP contribution in [0.5, 0.6) is 0 Å². The van der Waals surface area contributed by atoms with Crippen molar-refractivity contribution in [2.45, 2.75) is 38.8 Å². The van der Waals surface area contributed by atoms with E-state index in [1.807, 2.05) is 54.6 Å². The molecule has 0 aliphatic rings.